The molecule has 1 aromatic rings. The molecule has 0 fully saturated rings. The predicted octanol–water partition coefficient (Wildman–Crippen LogP) is 1.40. The van der Waals surface area contributed by atoms with E-state index in [0.717, 1.165) is 12.1 Å². The van der Waals surface area contributed by atoms with E-state index in [-0.39, 0.29) is 13.0 Å². The monoisotopic (exact) mass is 279 g/mol. The van der Waals surface area contributed by atoms with E-state index in [1.54, 1.807) is 6.92 Å². The van der Waals surface area contributed by atoms with Gasteiger partial charge < -0.3 is 5.11 Å². The van der Waals surface area contributed by atoms with E-state index >= 15 is 0 Å². The molecule has 0 amide bonds. The maximum Gasteiger partial charge on any atom is 0.243 e. The van der Waals surface area contributed by atoms with Crippen molar-refractivity contribution < 1.29 is 22.3 Å². The fraction of sp³-hybridized carbons (Fsp3) is 0.455. The standard InChI is InChI=1S/C11H15F2NO3S/c1-2-9(15)5-6-14-18(16,17)11-4-3-8(12)7-10(11)13/h3-4,7,9,14-15H,2,5-6H2,1H3. The van der Waals surface area contributed by atoms with Gasteiger partial charge in [-0.1, -0.05) is 6.92 Å². The third-order valence-electron chi connectivity index (χ3n) is 2.42. The minimum Gasteiger partial charge on any atom is -0.393 e. The molecule has 0 spiro atoms. The van der Waals surface area contributed by atoms with E-state index in [1.165, 1.54) is 0 Å². The summed E-state index contributed by atoms with van der Waals surface area (Å²) in [6, 6.07) is 2.25. The average molecular weight is 279 g/mol. The van der Waals surface area contributed by atoms with E-state index < -0.39 is 32.7 Å². The normalized spacial score (nSPS) is 13.6. The molecule has 0 aliphatic rings. The van der Waals surface area contributed by atoms with Crippen LogP contribution in [0.5, 0.6) is 0 Å². The van der Waals surface area contributed by atoms with Crippen molar-refractivity contribution in [3.8, 4) is 0 Å². The molecule has 1 atom stereocenters. The van der Waals surface area contributed by atoms with Crippen LogP contribution < -0.4 is 4.72 Å². The van der Waals surface area contributed by atoms with Crippen LogP contribution in [0.25, 0.3) is 0 Å². The van der Waals surface area contributed by atoms with Crippen molar-refractivity contribution in [3.63, 3.8) is 0 Å². The molecule has 1 rings (SSSR count). The number of halogens is 2. The Morgan fingerprint density at radius 3 is 2.61 bits per heavy atom. The number of sulfonamides is 1. The molecule has 0 bridgehead atoms. The molecule has 1 aromatic carbocycles. The second-order valence-corrected chi connectivity index (χ2v) is 5.56. The third-order valence-corrected chi connectivity index (χ3v) is 3.92. The lowest BCUT2D eigenvalue weighted by molar-refractivity contribution is 0.162. The van der Waals surface area contributed by atoms with E-state index in [4.69, 9.17) is 0 Å². The first kappa shape index (κ1) is 15.0. The summed E-state index contributed by atoms with van der Waals surface area (Å²) in [5.41, 5.74) is 0. The van der Waals surface area contributed by atoms with Gasteiger partial charge in [-0.2, -0.15) is 0 Å². The van der Waals surface area contributed by atoms with Gasteiger partial charge in [-0.3, -0.25) is 0 Å². The van der Waals surface area contributed by atoms with Gasteiger partial charge in [0.15, 0.2) is 0 Å². The molecule has 1 unspecified atom stereocenters. The summed E-state index contributed by atoms with van der Waals surface area (Å²) in [6.07, 6.45) is 0.135. The van der Waals surface area contributed by atoms with Crippen LogP contribution in [0.1, 0.15) is 19.8 Å². The van der Waals surface area contributed by atoms with E-state index in [0.29, 0.717) is 12.5 Å². The summed E-state index contributed by atoms with van der Waals surface area (Å²) in [6.45, 7) is 1.76. The Kier molecular flexibility index (Phi) is 5.18. The van der Waals surface area contributed by atoms with Gasteiger partial charge >= 0.3 is 0 Å². The highest BCUT2D eigenvalue weighted by molar-refractivity contribution is 7.89. The number of hydrogen-bond donors (Lipinski definition) is 2. The van der Waals surface area contributed by atoms with Crippen molar-refractivity contribution in [3.05, 3.63) is 29.8 Å². The van der Waals surface area contributed by atoms with E-state index in [9.17, 15) is 22.3 Å². The van der Waals surface area contributed by atoms with Crippen molar-refractivity contribution in [1.29, 1.82) is 0 Å². The van der Waals surface area contributed by atoms with Crippen molar-refractivity contribution in [2.45, 2.75) is 30.8 Å². The maximum absolute atomic E-state index is 13.3. The molecule has 2 N–H and O–H groups in total. The molecule has 4 nitrogen and oxygen atoms in total. The summed E-state index contributed by atoms with van der Waals surface area (Å²) >= 11 is 0. The van der Waals surface area contributed by atoms with Crippen LogP contribution in [0.3, 0.4) is 0 Å². The average Bonchev–Trinajstić information content (AvgIpc) is 2.27. The van der Waals surface area contributed by atoms with Gasteiger partial charge in [-0.25, -0.2) is 21.9 Å². The fourth-order valence-corrected chi connectivity index (χ4v) is 2.44. The van der Waals surface area contributed by atoms with E-state index in [2.05, 4.69) is 4.72 Å². The van der Waals surface area contributed by atoms with Crippen molar-refractivity contribution in [2.75, 3.05) is 6.54 Å². The molecule has 7 heteroatoms. The lowest BCUT2D eigenvalue weighted by Gasteiger charge is -2.10. The fourth-order valence-electron chi connectivity index (χ4n) is 1.33. The van der Waals surface area contributed by atoms with Gasteiger partial charge in [0, 0.05) is 12.6 Å². The smallest absolute Gasteiger partial charge is 0.243 e. The Labute approximate surface area is 105 Å². The number of aliphatic hydroxyl groups excluding tert-OH is 1. The van der Waals surface area contributed by atoms with Crippen molar-refractivity contribution >= 4 is 10.0 Å². The van der Waals surface area contributed by atoms with Crippen LogP contribution in [-0.4, -0.2) is 26.2 Å². The van der Waals surface area contributed by atoms with E-state index in [1.807, 2.05) is 0 Å². The molecule has 0 aliphatic carbocycles. The Morgan fingerprint density at radius 2 is 2.06 bits per heavy atom. The van der Waals surface area contributed by atoms with Gasteiger partial charge in [-0.05, 0) is 25.0 Å². The first-order chi connectivity index (χ1) is 8.36. The Bertz CT molecular complexity index is 505. The van der Waals surface area contributed by atoms with Crippen LogP contribution in [0.4, 0.5) is 8.78 Å². The number of hydrogen-bond acceptors (Lipinski definition) is 3. The summed E-state index contributed by atoms with van der Waals surface area (Å²) in [7, 11) is -4.01. The van der Waals surface area contributed by atoms with Crippen LogP contribution >= 0.6 is 0 Å². The Hall–Kier alpha value is -1.05. The van der Waals surface area contributed by atoms with Crippen LogP contribution in [0.2, 0.25) is 0 Å². The maximum atomic E-state index is 13.3. The highest BCUT2D eigenvalue weighted by atomic mass is 32.2. The zero-order valence-corrected chi connectivity index (χ0v) is 10.7. The second kappa shape index (κ2) is 6.21. The predicted molar refractivity (Wildman–Crippen MR) is 62.5 cm³/mol. The van der Waals surface area contributed by atoms with Gasteiger partial charge in [0.05, 0.1) is 6.10 Å². The number of nitrogens with one attached hydrogen (secondary N) is 1. The molecule has 0 aromatic heterocycles. The Balaban J connectivity index is 2.74. The quantitative estimate of drug-likeness (QED) is 0.827. The third kappa shape index (κ3) is 4.01. The first-order valence-electron chi connectivity index (χ1n) is 5.49. The van der Waals surface area contributed by atoms with Gasteiger partial charge in [0.1, 0.15) is 16.5 Å². The topological polar surface area (TPSA) is 66.4 Å². The zero-order valence-electron chi connectivity index (χ0n) is 9.86. The molecule has 0 radical (unpaired) electrons. The van der Waals surface area contributed by atoms with Crippen LogP contribution in [0.15, 0.2) is 23.1 Å². The minimum atomic E-state index is -4.01. The number of rotatable bonds is 6. The molecule has 0 aliphatic heterocycles. The Morgan fingerprint density at radius 1 is 1.39 bits per heavy atom. The lowest BCUT2D eigenvalue weighted by atomic mass is 10.2. The highest BCUT2D eigenvalue weighted by Crippen LogP contribution is 2.15. The van der Waals surface area contributed by atoms with Crippen LogP contribution in [-0.2, 0) is 10.0 Å². The summed E-state index contributed by atoms with van der Waals surface area (Å²) in [4.78, 5) is -0.602. The zero-order chi connectivity index (χ0) is 13.8. The van der Waals surface area contributed by atoms with Crippen molar-refractivity contribution in [2.24, 2.45) is 0 Å². The first-order valence-corrected chi connectivity index (χ1v) is 6.98. The van der Waals surface area contributed by atoms with Gasteiger partial charge in [-0.15, -0.1) is 0 Å². The number of benzene rings is 1. The minimum absolute atomic E-state index is 0.00580. The molecule has 0 saturated carbocycles. The van der Waals surface area contributed by atoms with Gasteiger partial charge in [0.2, 0.25) is 10.0 Å². The molecule has 0 heterocycles. The molecule has 0 saturated heterocycles. The number of aliphatic hydroxyl groups is 1. The second-order valence-electron chi connectivity index (χ2n) is 3.82. The molecule has 18 heavy (non-hydrogen) atoms. The summed E-state index contributed by atoms with van der Waals surface area (Å²) < 4.78 is 51.4. The molecular weight excluding hydrogens is 264 g/mol. The SMILES string of the molecule is CCC(O)CCNS(=O)(=O)c1ccc(F)cc1F. The summed E-state index contributed by atoms with van der Waals surface area (Å²) in [5.74, 6) is -1.98. The highest BCUT2D eigenvalue weighted by Gasteiger charge is 2.19. The largest absolute Gasteiger partial charge is 0.393 e. The summed E-state index contributed by atoms with van der Waals surface area (Å²) in [5, 5.41) is 9.26. The van der Waals surface area contributed by atoms with Crippen molar-refractivity contribution in [1.82, 2.24) is 4.72 Å². The lowest BCUT2D eigenvalue weighted by Crippen LogP contribution is -2.28. The van der Waals surface area contributed by atoms with Gasteiger partial charge in [0.25, 0.3) is 0 Å². The van der Waals surface area contributed by atoms with Crippen LogP contribution in [0, 0.1) is 11.6 Å². The molecule has 102 valence electrons. The molecular formula is C11H15F2NO3S.